The van der Waals surface area contributed by atoms with Crippen molar-refractivity contribution in [2.24, 2.45) is 5.14 Å². The second kappa shape index (κ2) is 9.87. The van der Waals surface area contributed by atoms with E-state index in [9.17, 15) is 8.42 Å². The third kappa shape index (κ3) is 4.35. The van der Waals surface area contributed by atoms with Gasteiger partial charge in [-0.05, 0) is 30.5 Å². The number of nitrogens with one attached hydrogen (secondary N) is 1. The van der Waals surface area contributed by atoms with Crippen LogP contribution in [0.2, 0.25) is 0 Å². The van der Waals surface area contributed by atoms with Gasteiger partial charge >= 0.3 is 0 Å². The van der Waals surface area contributed by atoms with Crippen LogP contribution in [0.1, 0.15) is 24.0 Å². The van der Waals surface area contributed by atoms with Gasteiger partial charge in [-0.1, -0.05) is 30.3 Å². The van der Waals surface area contributed by atoms with Crippen LogP contribution in [0.15, 0.2) is 73.4 Å². The van der Waals surface area contributed by atoms with E-state index < -0.39 is 15.7 Å². The van der Waals surface area contributed by atoms with Crippen LogP contribution in [0.4, 0.5) is 5.69 Å². The van der Waals surface area contributed by atoms with Crippen molar-refractivity contribution in [2.75, 3.05) is 37.6 Å². The SMILES string of the molecule is NS(=O)(=O)N1CCCC1(c1ccccc1)c1cn(-c2ncc(N3CCNCC3)cn2)nc1-c1ccncc1. The van der Waals surface area contributed by atoms with Crippen molar-refractivity contribution in [3.8, 4) is 17.2 Å². The lowest BCUT2D eigenvalue weighted by Crippen LogP contribution is -2.48. The third-order valence-corrected chi connectivity index (χ3v) is 8.42. The minimum absolute atomic E-state index is 0.310. The summed E-state index contributed by atoms with van der Waals surface area (Å²) in [6, 6.07) is 13.3. The summed E-state index contributed by atoms with van der Waals surface area (Å²) in [5, 5.41) is 14.1. The summed E-state index contributed by atoms with van der Waals surface area (Å²) in [4.78, 5) is 15.6. The Bertz CT molecular complexity index is 1510. The zero-order valence-corrected chi connectivity index (χ0v) is 21.6. The normalized spacial score (nSPS) is 20.6. The van der Waals surface area contributed by atoms with Gasteiger partial charge in [-0.25, -0.2) is 19.8 Å². The lowest BCUT2D eigenvalue weighted by atomic mass is 9.81. The number of pyridine rings is 1. The molecule has 0 spiro atoms. The molecule has 11 nitrogen and oxygen atoms in total. The molecule has 1 aromatic carbocycles. The topological polar surface area (TPSA) is 135 Å². The van der Waals surface area contributed by atoms with Gasteiger partial charge in [0.2, 0.25) is 0 Å². The molecule has 3 aromatic heterocycles. The van der Waals surface area contributed by atoms with Gasteiger partial charge in [-0.2, -0.15) is 17.8 Å². The number of anilines is 1. The first-order valence-corrected chi connectivity index (χ1v) is 14.1. The summed E-state index contributed by atoms with van der Waals surface area (Å²) in [7, 11) is -4.04. The van der Waals surface area contributed by atoms with Crippen molar-refractivity contribution < 1.29 is 8.42 Å². The summed E-state index contributed by atoms with van der Waals surface area (Å²) in [5.41, 5.74) is 2.90. The number of rotatable bonds is 6. The van der Waals surface area contributed by atoms with E-state index in [2.05, 4.69) is 25.2 Å². The van der Waals surface area contributed by atoms with Gasteiger partial charge in [0.15, 0.2) is 0 Å². The highest BCUT2D eigenvalue weighted by Crippen LogP contribution is 2.48. The first kappa shape index (κ1) is 24.6. The quantitative estimate of drug-likeness (QED) is 0.384. The zero-order valence-electron chi connectivity index (χ0n) is 20.8. The highest BCUT2D eigenvalue weighted by Gasteiger charge is 2.51. The van der Waals surface area contributed by atoms with E-state index in [1.54, 1.807) is 29.5 Å². The monoisotopic (exact) mass is 531 g/mol. The molecule has 0 aliphatic carbocycles. The standard InChI is InChI=1S/C26H29N9O2S/c27-38(36,37)35-14-4-9-26(35,21-5-2-1-3-6-21)23-19-34(32-24(23)20-7-10-28-11-8-20)25-30-17-22(18-31-25)33-15-12-29-13-16-33/h1-3,5-8,10-11,17-19,29H,4,9,12-16H2,(H2,27,36,37). The van der Waals surface area contributed by atoms with E-state index in [0.717, 1.165) is 48.6 Å². The summed E-state index contributed by atoms with van der Waals surface area (Å²) in [6.45, 7) is 3.93. The molecule has 1 unspecified atom stereocenters. The van der Waals surface area contributed by atoms with Crippen LogP contribution < -0.4 is 15.4 Å². The number of hydrogen-bond donors (Lipinski definition) is 2. The Kier molecular flexibility index (Phi) is 6.40. The summed E-state index contributed by atoms with van der Waals surface area (Å²) in [6.07, 6.45) is 10.0. The van der Waals surface area contributed by atoms with Crippen LogP contribution in [0.3, 0.4) is 0 Å². The van der Waals surface area contributed by atoms with Crippen molar-refractivity contribution >= 4 is 15.9 Å². The number of nitrogens with two attached hydrogens (primary N) is 1. The van der Waals surface area contributed by atoms with E-state index in [4.69, 9.17) is 10.2 Å². The van der Waals surface area contributed by atoms with Crippen LogP contribution in [0.5, 0.6) is 0 Å². The minimum Gasteiger partial charge on any atom is -0.366 e. The predicted molar refractivity (Wildman–Crippen MR) is 144 cm³/mol. The molecule has 12 heteroatoms. The summed E-state index contributed by atoms with van der Waals surface area (Å²) >= 11 is 0. The second-order valence-corrected chi connectivity index (χ2v) is 11.0. The fourth-order valence-electron chi connectivity index (χ4n) is 5.59. The number of hydrogen-bond acceptors (Lipinski definition) is 8. The van der Waals surface area contributed by atoms with E-state index >= 15 is 0 Å². The largest absolute Gasteiger partial charge is 0.366 e. The molecule has 4 aromatic rings. The molecule has 2 fully saturated rings. The Morgan fingerprint density at radius 1 is 0.947 bits per heavy atom. The van der Waals surface area contributed by atoms with Gasteiger partial charge in [0.05, 0.1) is 29.3 Å². The van der Waals surface area contributed by atoms with Gasteiger partial charge in [-0.3, -0.25) is 4.98 Å². The molecular weight excluding hydrogens is 502 g/mol. The molecule has 6 rings (SSSR count). The molecule has 2 aliphatic rings. The van der Waals surface area contributed by atoms with Crippen molar-refractivity contribution in [2.45, 2.75) is 18.4 Å². The maximum absolute atomic E-state index is 12.9. The maximum atomic E-state index is 12.9. The Morgan fingerprint density at radius 2 is 1.66 bits per heavy atom. The second-order valence-electron chi connectivity index (χ2n) is 9.50. The molecule has 196 valence electrons. The van der Waals surface area contributed by atoms with Gasteiger partial charge < -0.3 is 10.2 Å². The molecule has 3 N–H and O–H groups in total. The molecule has 0 amide bonds. The average molecular weight is 532 g/mol. The lowest BCUT2D eigenvalue weighted by Gasteiger charge is -2.37. The Morgan fingerprint density at radius 3 is 2.34 bits per heavy atom. The van der Waals surface area contributed by atoms with Crippen LogP contribution in [-0.4, -0.2) is 70.2 Å². The third-order valence-electron chi connectivity index (χ3n) is 7.31. The fraction of sp³-hybridized carbons (Fsp3) is 0.308. The molecule has 0 saturated carbocycles. The van der Waals surface area contributed by atoms with E-state index in [0.29, 0.717) is 31.0 Å². The average Bonchev–Trinajstić information content (AvgIpc) is 3.61. The molecular formula is C26H29N9O2S. The minimum atomic E-state index is -4.04. The van der Waals surface area contributed by atoms with Gasteiger partial charge in [0, 0.05) is 62.4 Å². The molecule has 0 radical (unpaired) electrons. The van der Waals surface area contributed by atoms with E-state index in [1.165, 1.54) is 4.31 Å². The fourth-order valence-corrected chi connectivity index (χ4v) is 6.70. The van der Waals surface area contributed by atoms with Crippen LogP contribution in [0.25, 0.3) is 17.2 Å². The molecule has 2 aliphatic heterocycles. The zero-order chi connectivity index (χ0) is 26.2. The summed E-state index contributed by atoms with van der Waals surface area (Å²) in [5.74, 6) is 0.397. The number of piperazine rings is 1. The highest BCUT2D eigenvalue weighted by molar-refractivity contribution is 7.86. The van der Waals surface area contributed by atoms with Crippen molar-refractivity contribution in [1.29, 1.82) is 0 Å². The lowest BCUT2D eigenvalue weighted by molar-refractivity contribution is 0.298. The molecule has 38 heavy (non-hydrogen) atoms. The number of nitrogens with zero attached hydrogens (tertiary/aromatic N) is 7. The highest BCUT2D eigenvalue weighted by atomic mass is 32.2. The first-order valence-electron chi connectivity index (χ1n) is 12.6. The molecule has 0 bridgehead atoms. The Labute approximate surface area is 221 Å². The van der Waals surface area contributed by atoms with Crippen molar-refractivity contribution in [3.05, 3.63) is 84.6 Å². The van der Waals surface area contributed by atoms with Crippen LogP contribution >= 0.6 is 0 Å². The van der Waals surface area contributed by atoms with Gasteiger partial charge in [0.25, 0.3) is 16.2 Å². The van der Waals surface area contributed by atoms with Crippen LogP contribution in [-0.2, 0) is 15.7 Å². The molecule has 2 saturated heterocycles. The summed E-state index contributed by atoms with van der Waals surface area (Å²) < 4.78 is 28.9. The Hall–Kier alpha value is -3.71. The van der Waals surface area contributed by atoms with Crippen molar-refractivity contribution in [1.82, 2.24) is 34.4 Å². The van der Waals surface area contributed by atoms with Gasteiger partial charge in [-0.15, -0.1) is 0 Å². The Balaban J connectivity index is 1.52. The molecule has 5 heterocycles. The van der Waals surface area contributed by atoms with E-state index in [-0.39, 0.29) is 0 Å². The predicted octanol–water partition coefficient (Wildman–Crippen LogP) is 1.68. The van der Waals surface area contributed by atoms with Gasteiger partial charge in [0.1, 0.15) is 0 Å². The maximum Gasteiger partial charge on any atom is 0.278 e. The number of benzene rings is 1. The smallest absolute Gasteiger partial charge is 0.278 e. The van der Waals surface area contributed by atoms with E-state index in [1.807, 2.05) is 48.7 Å². The number of aromatic nitrogens is 5. The molecule has 1 atom stereocenters. The van der Waals surface area contributed by atoms with Crippen LogP contribution in [0, 0.1) is 0 Å². The first-order chi connectivity index (χ1) is 18.5. The van der Waals surface area contributed by atoms with Crippen molar-refractivity contribution in [3.63, 3.8) is 0 Å².